The molecule has 0 bridgehead atoms. The maximum Gasteiger partial charge on any atom is 0.313 e. The average Bonchev–Trinajstić information content (AvgIpc) is 2.69. The molecule has 1 atom stereocenters. The maximum absolute atomic E-state index is 10.6. The fourth-order valence-electron chi connectivity index (χ4n) is 1.53. The lowest BCUT2D eigenvalue weighted by atomic mass is 10.3. The van der Waals surface area contributed by atoms with Crippen molar-refractivity contribution in [1.82, 2.24) is 14.8 Å². The molecule has 0 saturated heterocycles. The van der Waals surface area contributed by atoms with E-state index in [4.69, 9.17) is 5.11 Å². The van der Waals surface area contributed by atoms with Crippen LogP contribution in [0.2, 0.25) is 0 Å². The lowest BCUT2D eigenvalue weighted by Crippen LogP contribution is -2.13. The predicted octanol–water partition coefficient (Wildman–Crippen LogP) is 1.94. The number of rotatable bonds is 7. The van der Waals surface area contributed by atoms with E-state index >= 15 is 0 Å². The van der Waals surface area contributed by atoms with Crippen LogP contribution in [0.25, 0.3) is 0 Å². The van der Waals surface area contributed by atoms with E-state index in [-0.39, 0.29) is 11.8 Å². The topological polar surface area (TPSA) is 68.0 Å². The molecular weight excluding hydrogens is 258 g/mol. The highest BCUT2D eigenvalue weighted by Crippen LogP contribution is 2.23. The minimum atomic E-state index is -0.833. The maximum atomic E-state index is 10.6. The van der Waals surface area contributed by atoms with Crippen LogP contribution in [0.15, 0.2) is 5.16 Å². The van der Waals surface area contributed by atoms with Gasteiger partial charge in [-0.3, -0.25) is 4.79 Å². The summed E-state index contributed by atoms with van der Waals surface area (Å²) in [7, 11) is 0. The molecule has 1 heterocycles. The van der Waals surface area contributed by atoms with E-state index < -0.39 is 5.97 Å². The molecule has 0 aliphatic heterocycles. The molecule has 0 aliphatic rings. The summed E-state index contributed by atoms with van der Waals surface area (Å²) in [6, 6.07) is 0.284. The minimum Gasteiger partial charge on any atom is -0.481 e. The quantitative estimate of drug-likeness (QED) is 0.767. The standard InChI is InChI=1S/C10H17N3O2S2/c1-4-8-11-12-10(17-6-9(14)15)13(8)7(2)5-16-3/h7H,4-6H2,1-3H3,(H,14,15). The smallest absolute Gasteiger partial charge is 0.313 e. The van der Waals surface area contributed by atoms with Gasteiger partial charge in [-0.2, -0.15) is 11.8 Å². The highest BCUT2D eigenvalue weighted by Gasteiger charge is 2.17. The van der Waals surface area contributed by atoms with Crippen LogP contribution in [0.4, 0.5) is 0 Å². The Labute approximate surface area is 109 Å². The Balaban J connectivity index is 2.88. The fourth-order valence-corrected chi connectivity index (χ4v) is 2.94. The van der Waals surface area contributed by atoms with Gasteiger partial charge >= 0.3 is 5.97 Å². The molecule has 0 radical (unpaired) electrons. The summed E-state index contributed by atoms with van der Waals surface area (Å²) in [5, 5.41) is 17.6. The van der Waals surface area contributed by atoms with Crippen molar-refractivity contribution in [2.24, 2.45) is 0 Å². The third-order valence-corrected chi connectivity index (χ3v) is 3.97. The van der Waals surface area contributed by atoms with Crippen molar-refractivity contribution in [1.29, 1.82) is 0 Å². The minimum absolute atomic E-state index is 0.0217. The summed E-state index contributed by atoms with van der Waals surface area (Å²) in [6.07, 6.45) is 2.86. The van der Waals surface area contributed by atoms with E-state index in [0.29, 0.717) is 5.16 Å². The average molecular weight is 275 g/mol. The van der Waals surface area contributed by atoms with Gasteiger partial charge in [-0.1, -0.05) is 18.7 Å². The molecule has 1 unspecified atom stereocenters. The number of aryl methyl sites for hydroxylation is 1. The van der Waals surface area contributed by atoms with Crippen LogP contribution in [0.3, 0.4) is 0 Å². The molecule has 7 heteroatoms. The highest BCUT2D eigenvalue weighted by molar-refractivity contribution is 7.99. The van der Waals surface area contributed by atoms with E-state index in [2.05, 4.69) is 23.4 Å². The SMILES string of the molecule is CCc1nnc(SCC(=O)O)n1C(C)CSC. The molecule has 0 fully saturated rings. The molecule has 1 rings (SSSR count). The number of aromatic nitrogens is 3. The van der Waals surface area contributed by atoms with Crippen molar-refractivity contribution in [3.05, 3.63) is 5.82 Å². The Morgan fingerprint density at radius 2 is 2.24 bits per heavy atom. The monoisotopic (exact) mass is 275 g/mol. The molecule has 96 valence electrons. The summed E-state index contributed by atoms with van der Waals surface area (Å²) in [6.45, 7) is 4.13. The zero-order chi connectivity index (χ0) is 12.8. The Morgan fingerprint density at radius 1 is 1.53 bits per heavy atom. The first-order valence-electron chi connectivity index (χ1n) is 5.37. The van der Waals surface area contributed by atoms with Gasteiger partial charge in [0.15, 0.2) is 5.16 Å². The molecule has 1 aromatic rings. The molecule has 1 aromatic heterocycles. The number of carbonyl (C=O) groups is 1. The largest absolute Gasteiger partial charge is 0.481 e. The zero-order valence-corrected chi connectivity index (χ0v) is 11.8. The number of nitrogens with zero attached hydrogens (tertiary/aromatic N) is 3. The number of hydrogen-bond acceptors (Lipinski definition) is 5. The van der Waals surface area contributed by atoms with Crippen molar-refractivity contribution in [3.63, 3.8) is 0 Å². The molecule has 0 aliphatic carbocycles. The summed E-state index contributed by atoms with van der Waals surface area (Å²) in [5.74, 6) is 1.07. The molecule has 0 aromatic carbocycles. The lowest BCUT2D eigenvalue weighted by molar-refractivity contribution is -0.133. The van der Waals surface area contributed by atoms with E-state index in [1.54, 1.807) is 11.8 Å². The van der Waals surface area contributed by atoms with Gasteiger partial charge in [-0.15, -0.1) is 10.2 Å². The zero-order valence-electron chi connectivity index (χ0n) is 10.2. The van der Waals surface area contributed by atoms with Crippen molar-refractivity contribution in [2.75, 3.05) is 17.8 Å². The third-order valence-electron chi connectivity index (χ3n) is 2.22. The van der Waals surface area contributed by atoms with E-state index in [1.165, 1.54) is 11.8 Å². The van der Waals surface area contributed by atoms with Gasteiger partial charge in [0.25, 0.3) is 0 Å². The number of hydrogen-bond donors (Lipinski definition) is 1. The van der Waals surface area contributed by atoms with E-state index in [0.717, 1.165) is 18.0 Å². The number of thioether (sulfide) groups is 2. The molecular formula is C10H17N3O2S2. The van der Waals surface area contributed by atoms with Crippen LogP contribution in [0.5, 0.6) is 0 Å². The first kappa shape index (κ1) is 14.4. The van der Waals surface area contributed by atoms with Crippen molar-refractivity contribution in [2.45, 2.75) is 31.5 Å². The van der Waals surface area contributed by atoms with Crippen molar-refractivity contribution < 1.29 is 9.90 Å². The van der Waals surface area contributed by atoms with Gasteiger partial charge < -0.3 is 9.67 Å². The summed E-state index contributed by atoms with van der Waals surface area (Å²) in [4.78, 5) is 10.6. The molecule has 1 N–H and O–H groups in total. The van der Waals surface area contributed by atoms with Gasteiger partial charge in [0.2, 0.25) is 0 Å². The Morgan fingerprint density at radius 3 is 2.76 bits per heavy atom. The van der Waals surface area contributed by atoms with E-state index in [1.807, 2.05) is 11.5 Å². The van der Waals surface area contributed by atoms with Gasteiger partial charge in [-0.25, -0.2) is 0 Å². The Hall–Kier alpha value is -0.690. The second kappa shape index (κ2) is 6.90. The number of carboxylic acids is 1. The summed E-state index contributed by atoms with van der Waals surface area (Å²) >= 11 is 2.98. The second-order valence-corrected chi connectivity index (χ2v) is 5.46. The van der Waals surface area contributed by atoms with Crippen LogP contribution >= 0.6 is 23.5 Å². The van der Waals surface area contributed by atoms with E-state index in [9.17, 15) is 4.79 Å². The summed E-state index contributed by atoms with van der Waals surface area (Å²) in [5.41, 5.74) is 0. The normalized spacial score (nSPS) is 12.6. The van der Waals surface area contributed by atoms with Gasteiger partial charge in [0.1, 0.15) is 5.82 Å². The second-order valence-electron chi connectivity index (χ2n) is 3.61. The Kier molecular flexibility index (Phi) is 5.84. The van der Waals surface area contributed by atoms with Gasteiger partial charge in [-0.05, 0) is 13.2 Å². The van der Waals surface area contributed by atoms with Crippen LogP contribution in [0.1, 0.15) is 25.7 Å². The molecule has 17 heavy (non-hydrogen) atoms. The third kappa shape index (κ3) is 3.92. The fraction of sp³-hybridized carbons (Fsp3) is 0.700. The van der Waals surface area contributed by atoms with Crippen molar-refractivity contribution >= 4 is 29.5 Å². The first-order chi connectivity index (χ1) is 8.10. The van der Waals surface area contributed by atoms with Gasteiger partial charge in [0, 0.05) is 18.2 Å². The van der Waals surface area contributed by atoms with Crippen LogP contribution < -0.4 is 0 Å². The van der Waals surface area contributed by atoms with Crippen LogP contribution in [-0.2, 0) is 11.2 Å². The van der Waals surface area contributed by atoms with Crippen LogP contribution in [0, 0.1) is 0 Å². The van der Waals surface area contributed by atoms with Crippen molar-refractivity contribution in [3.8, 4) is 0 Å². The number of carboxylic acid groups (broad SMARTS) is 1. The van der Waals surface area contributed by atoms with Gasteiger partial charge in [0.05, 0.1) is 5.75 Å². The van der Waals surface area contributed by atoms with Crippen LogP contribution in [-0.4, -0.2) is 43.6 Å². The molecule has 0 amide bonds. The molecule has 0 saturated carbocycles. The first-order valence-corrected chi connectivity index (χ1v) is 7.75. The number of aliphatic carboxylic acids is 1. The highest BCUT2D eigenvalue weighted by atomic mass is 32.2. The molecule has 0 spiro atoms. The Bertz CT molecular complexity index is 382. The lowest BCUT2D eigenvalue weighted by Gasteiger charge is -2.16. The molecule has 5 nitrogen and oxygen atoms in total. The summed E-state index contributed by atoms with van der Waals surface area (Å²) < 4.78 is 2.05. The predicted molar refractivity (Wildman–Crippen MR) is 70.9 cm³/mol.